The summed E-state index contributed by atoms with van der Waals surface area (Å²) >= 11 is 0. The zero-order valence-corrected chi connectivity index (χ0v) is 14.2. The van der Waals surface area contributed by atoms with Gasteiger partial charge in [-0.15, -0.1) is 0 Å². The topological polar surface area (TPSA) is 57.0 Å². The summed E-state index contributed by atoms with van der Waals surface area (Å²) < 4.78 is 0. The van der Waals surface area contributed by atoms with E-state index in [2.05, 4.69) is 22.4 Å². The van der Waals surface area contributed by atoms with Crippen LogP contribution in [0, 0.1) is 0 Å². The summed E-state index contributed by atoms with van der Waals surface area (Å²) in [6.45, 7) is 3.53. The first-order valence-corrected chi connectivity index (χ1v) is 8.45. The molecule has 0 unspecified atom stereocenters. The van der Waals surface area contributed by atoms with Gasteiger partial charge in [0.05, 0.1) is 6.54 Å². The molecule has 0 heterocycles. The molecule has 2 N–H and O–H groups in total. The molecule has 0 saturated carbocycles. The third kappa shape index (κ3) is 5.54. The molecule has 126 valence electrons. The number of amidine groups is 1. The van der Waals surface area contributed by atoms with E-state index in [9.17, 15) is 5.21 Å². The monoisotopic (exact) mass is 323 g/mol. The molecule has 0 aliphatic carbocycles. The lowest BCUT2D eigenvalue weighted by Crippen LogP contribution is -2.33. The highest BCUT2D eigenvalue weighted by atomic mass is 16.4. The van der Waals surface area contributed by atoms with Crippen LogP contribution in [-0.2, 0) is 6.54 Å². The minimum Gasteiger partial charge on any atom is -0.410 e. The van der Waals surface area contributed by atoms with Crippen molar-refractivity contribution in [3.8, 4) is 0 Å². The molecule has 0 amide bonds. The van der Waals surface area contributed by atoms with Gasteiger partial charge in [-0.05, 0) is 12.0 Å². The van der Waals surface area contributed by atoms with E-state index < -0.39 is 0 Å². The van der Waals surface area contributed by atoms with Crippen LogP contribution in [0.4, 0.5) is 0 Å². The van der Waals surface area contributed by atoms with Gasteiger partial charge in [-0.2, -0.15) is 0 Å². The second kappa shape index (κ2) is 10.2. The van der Waals surface area contributed by atoms with Crippen LogP contribution in [0.3, 0.4) is 0 Å². The minimum absolute atomic E-state index is 0.475. The van der Waals surface area contributed by atoms with Gasteiger partial charge in [0.25, 0.3) is 0 Å². The second-order valence-corrected chi connectivity index (χ2v) is 5.60. The summed E-state index contributed by atoms with van der Waals surface area (Å²) in [7, 11) is 0. The normalized spacial score (nSPS) is 12.2. The van der Waals surface area contributed by atoms with Gasteiger partial charge in [0.2, 0.25) is 0 Å². The molecule has 0 fully saturated rings. The summed E-state index contributed by atoms with van der Waals surface area (Å²) in [6.07, 6.45) is 3.39. The van der Waals surface area contributed by atoms with Crippen molar-refractivity contribution in [2.24, 2.45) is 10.1 Å². The predicted octanol–water partition coefficient (Wildman–Crippen LogP) is 4.24. The molecule has 4 heteroatoms. The summed E-state index contributed by atoms with van der Waals surface area (Å²) in [5.74, 6) is 0.628. The lowest BCUT2D eigenvalue weighted by Gasteiger charge is -2.12. The highest BCUT2D eigenvalue weighted by Gasteiger charge is 2.12. The Morgan fingerprint density at radius 2 is 1.62 bits per heavy atom. The number of hydrogen-bond donors (Lipinski definition) is 2. The van der Waals surface area contributed by atoms with Gasteiger partial charge in [-0.3, -0.25) is 4.99 Å². The van der Waals surface area contributed by atoms with Crippen molar-refractivity contribution >= 4 is 11.5 Å². The number of unbranched alkanes of at least 4 members (excludes halogenated alkanes) is 2. The van der Waals surface area contributed by atoms with Crippen LogP contribution in [0.2, 0.25) is 0 Å². The maximum Gasteiger partial charge on any atom is 0.151 e. The van der Waals surface area contributed by atoms with E-state index in [1.165, 1.54) is 0 Å². The van der Waals surface area contributed by atoms with E-state index in [0.717, 1.165) is 36.9 Å². The van der Waals surface area contributed by atoms with E-state index >= 15 is 0 Å². The highest BCUT2D eigenvalue weighted by Crippen LogP contribution is 2.05. The van der Waals surface area contributed by atoms with Crippen molar-refractivity contribution in [3.63, 3.8) is 0 Å². The Morgan fingerprint density at radius 1 is 0.958 bits per heavy atom. The first-order chi connectivity index (χ1) is 11.8. The van der Waals surface area contributed by atoms with Gasteiger partial charge in [0.15, 0.2) is 11.5 Å². The highest BCUT2D eigenvalue weighted by molar-refractivity contribution is 6.47. The first kappa shape index (κ1) is 17.7. The Bertz CT molecular complexity index is 651. The number of benzene rings is 2. The van der Waals surface area contributed by atoms with Crippen molar-refractivity contribution in [1.29, 1.82) is 0 Å². The number of hydrogen-bond acceptors (Lipinski definition) is 3. The van der Waals surface area contributed by atoms with Gasteiger partial charge < -0.3 is 10.5 Å². The van der Waals surface area contributed by atoms with Crippen LogP contribution in [-0.4, -0.2) is 23.3 Å². The maximum absolute atomic E-state index is 9.52. The van der Waals surface area contributed by atoms with E-state index in [0.29, 0.717) is 18.1 Å². The van der Waals surface area contributed by atoms with Crippen molar-refractivity contribution < 1.29 is 5.21 Å². The predicted molar refractivity (Wildman–Crippen MR) is 99.9 cm³/mol. The Hall–Kier alpha value is -2.62. The van der Waals surface area contributed by atoms with Gasteiger partial charge >= 0.3 is 0 Å². The lowest BCUT2D eigenvalue weighted by molar-refractivity contribution is 0.320. The number of nitrogens with one attached hydrogen (secondary N) is 1. The molecular weight excluding hydrogens is 298 g/mol. The lowest BCUT2D eigenvalue weighted by atomic mass is 10.1. The Morgan fingerprint density at radius 3 is 2.25 bits per heavy atom. The summed E-state index contributed by atoms with van der Waals surface area (Å²) in [5.41, 5.74) is 2.44. The molecule has 0 aliphatic rings. The average molecular weight is 323 g/mol. The second-order valence-electron chi connectivity index (χ2n) is 5.60. The fourth-order valence-electron chi connectivity index (χ4n) is 2.39. The molecule has 0 bridgehead atoms. The molecule has 0 aliphatic heterocycles. The summed E-state index contributed by atoms with van der Waals surface area (Å²) in [6, 6.07) is 19.7. The Labute approximate surface area is 143 Å². The van der Waals surface area contributed by atoms with Gasteiger partial charge in [-0.1, -0.05) is 85.6 Å². The molecule has 0 saturated heterocycles. The number of nitrogens with zero attached hydrogens (tertiary/aromatic N) is 2. The van der Waals surface area contributed by atoms with Crippen LogP contribution < -0.4 is 5.32 Å². The number of aliphatic imine (C=N–C) groups is 1. The van der Waals surface area contributed by atoms with E-state index in [1.807, 2.05) is 60.7 Å². The number of rotatable bonds is 8. The van der Waals surface area contributed by atoms with Gasteiger partial charge in [-0.25, -0.2) is 0 Å². The number of oxime groups is 1. The minimum atomic E-state index is 0.475. The van der Waals surface area contributed by atoms with Crippen LogP contribution in [0.25, 0.3) is 0 Å². The third-order valence-corrected chi connectivity index (χ3v) is 3.71. The fraction of sp³-hybridized carbons (Fsp3) is 0.300. The Kier molecular flexibility index (Phi) is 7.54. The third-order valence-electron chi connectivity index (χ3n) is 3.71. The molecular formula is C20H25N3O. The van der Waals surface area contributed by atoms with E-state index in [4.69, 9.17) is 0 Å². The van der Waals surface area contributed by atoms with Crippen LogP contribution in [0.15, 0.2) is 70.8 Å². The van der Waals surface area contributed by atoms with Crippen molar-refractivity contribution in [3.05, 3.63) is 71.8 Å². The van der Waals surface area contributed by atoms with E-state index in [-0.39, 0.29) is 0 Å². The van der Waals surface area contributed by atoms with E-state index in [1.54, 1.807) is 0 Å². The van der Waals surface area contributed by atoms with Crippen LogP contribution in [0.5, 0.6) is 0 Å². The molecule has 2 aromatic rings. The van der Waals surface area contributed by atoms with Gasteiger partial charge in [0, 0.05) is 12.1 Å². The fourth-order valence-corrected chi connectivity index (χ4v) is 2.39. The maximum atomic E-state index is 9.52. The average Bonchev–Trinajstić information content (AvgIpc) is 2.65. The molecule has 4 nitrogen and oxygen atoms in total. The van der Waals surface area contributed by atoms with Crippen molar-refractivity contribution in [1.82, 2.24) is 5.32 Å². The Balaban J connectivity index is 2.17. The smallest absolute Gasteiger partial charge is 0.151 e. The van der Waals surface area contributed by atoms with Crippen molar-refractivity contribution in [2.75, 3.05) is 6.54 Å². The molecule has 24 heavy (non-hydrogen) atoms. The molecule has 0 aromatic heterocycles. The molecule has 2 rings (SSSR count). The summed E-state index contributed by atoms with van der Waals surface area (Å²) in [4.78, 5) is 4.65. The molecule has 2 aromatic carbocycles. The van der Waals surface area contributed by atoms with Crippen LogP contribution >= 0.6 is 0 Å². The zero-order chi connectivity index (χ0) is 17.0. The van der Waals surface area contributed by atoms with Crippen molar-refractivity contribution in [2.45, 2.75) is 32.7 Å². The van der Waals surface area contributed by atoms with Crippen LogP contribution in [0.1, 0.15) is 37.3 Å². The van der Waals surface area contributed by atoms with Gasteiger partial charge in [0.1, 0.15) is 0 Å². The first-order valence-electron chi connectivity index (χ1n) is 8.45. The largest absolute Gasteiger partial charge is 0.410 e. The summed E-state index contributed by atoms with van der Waals surface area (Å²) in [5, 5.41) is 16.3. The molecule has 0 spiro atoms. The SMILES string of the molecule is CCCCCNC(=NCc1ccccc1)/C(=N/O)c1ccccc1. The molecule has 0 radical (unpaired) electrons. The zero-order valence-electron chi connectivity index (χ0n) is 14.2. The standard InChI is InChI=1S/C20H25N3O/c1-2-3-10-15-21-20(22-16-17-11-6-4-7-12-17)19(23-24)18-13-8-5-9-14-18/h4-9,11-14,24H,2-3,10,15-16H2,1H3,(H,21,22)/b23-19+. The molecule has 0 atom stereocenters. The quantitative estimate of drug-likeness (QED) is 0.251.